The van der Waals surface area contributed by atoms with Gasteiger partial charge in [-0.2, -0.15) is 0 Å². The fourth-order valence-corrected chi connectivity index (χ4v) is 7.50. The topological polar surface area (TPSA) is 29.3 Å². The number of benzene rings is 8. The van der Waals surface area contributed by atoms with Gasteiger partial charge in [-0.25, -0.2) is 4.98 Å². The Balaban J connectivity index is 1.04. The Morgan fingerprint density at radius 2 is 0.904 bits per heavy atom. The minimum Gasteiger partial charge on any atom is -0.437 e. The van der Waals surface area contributed by atoms with E-state index in [0.29, 0.717) is 5.71 Å². The maximum atomic E-state index is 6.37. The lowest BCUT2D eigenvalue weighted by Gasteiger charge is -2.25. The van der Waals surface area contributed by atoms with Gasteiger partial charge < -0.3 is 9.32 Å². The molecule has 0 spiro atoms. The van der Waals surface area contributed by atoms with Crippen molar-refractivity contribution in [1.29, 1.82) is 0 Å². The molecular weight excluding hydrogens is 633 g/mol. The number of rotatable bonds is 6. The van der Waals surface area contributed by atoms with E-state index in [0.717, 1.165) is 49.8 Å². The SMILES string of the molecule is c1ccc(-c2ccc(N(c3ccc(-c4ccc(-c5cccc6ccccc56)cc4)cc3)c3cnc4oc5c6ccccc6ccc5c4c3)cc2)cc1. The van der Waals surface area contributed by atoms with E-state index in [1.807, 2.05) is 12.3 Å². The number of pyridine rings is 1. The van der Waals surface area contributed by atoms with E-state index in [2.05, 4.69) is 187 Å². The average Bonchev–Trinajstić information content (AvgIpc) is 3.60. The number of nitrogens with zero attached hydrogens (tertiary/aromatic N) is 2. The van der Waals surface area contributed by atoms with E-state index in [1.165, 1.54) is 38.6 Å². The Hall–Kier alpha value is -6.97. The zero-order chi connectivity index (χ0) is 34.4. The molecule has 3 heteroatoms. The van der Waals surface area contributed by atoms with Gasteiger partial charge in [-0.15, -0.1) is 0 Å². The lowest BCUT2D eigenvalue weighted by atomic mass is 9.96. The highest BCUT2D eigenvalue weighted by Crippen LogP contribution is 2.40. The molecule has 0 aliphatic carbocycles. The first-order valence-corrected chi connectivity index (χ1v) is 17.6. The molecule has 0 radical (unpaired) electrons. The highest BCUT2D eigenvalue weighted by Gasteiger charge is 2.18. The van der Waals surface area contributed by atoms with Crippen LogP contribution in [0.25, 0.3) is 77.0 Å². The Morgan fingerprint density at radius 1 is 0.365 bits per heavy atom. The second-order valence-corrected chi connectivity index (χ2v) is 13.2. The van der Waals surface area contributed by atoms with Crippen LogP contribution >= 0.6 is 0 Å². The molecular formula is C49H32N2O. The summed E-state index contributed by atoms with van der Waals surface area (Å²) in [5.41, 5.74) is 11.7. The molecule has 0 saturated carbocycles. The van der Waals surface area contributed by atoms with Crippen LogP contribution in [0.5, 0.6) is 0 Å². The monoisotopic (exact) mass is 664 g/mol. The predicted octanol–water partition coefficient (Wildman–Crippen LogP) is 13.8. The third-order valence-electron chi connectivity index (χ3n) is 10.1. The van der Waals surface area contributed by atoms with Gasteiger partial charge in [0.25, 0.3) is 0 Å². The van der Waals surface area contributed by atoms with E-state index < -0.39 is 0 Å². The van der Waals surface area contributed by atoms with Gasteiger partial charge in [-0.1, -0.05) is 152 Å². The summed E-state index contributed by atoms with van der Waals surface area (Å²) in [6.45, 7) is 0. The zero-order valence-electron chi connectivity index (χ0n) is 28.3. The molecule has 2 heterocycles. The lowest BCUT2D eigenvalue weighted by Crippen LogP contribution is -2.10. The molecule has 0 unspecified atom stereocenters. The Kier molecular flexibility index (Phi) is 7.14. The molecule has 10 rings (SSSR count). The van der Waals surface area contributed by atoms with Crippen molar-refractivity contribution < 1.29 is 4.42 Å². The van der Waals surface area contributed by atoms with Crippen molar-refractivity contribution >= 4 is 60.7 Å². The Labute approximate surface area is 301 Å². The molecule has 0 atom stereocenters. The van der Waals surface area contributed by atoms with Crippen LogP contribution in [0, 0.1) is 0 Å². The average molecular weight is 665 g/mol. The summed E-state index contributed by atoms with van der Waals surface area (Å²) in [6.07, 6.45) is 1.91. The van der Waals surface area contributed by atoms with Gasteiger partial charge in [0.2, 0.25) is 5.71 Å². The van der Waals surface area contributed by atoms with Gasteiger partial charge in [-0.3, -0.25) is 0 Å². The molecule has 0 aliphatic rings. The summed E-state index contributed by atoms with van der Waals surface area (Å²) in [5.74, 6) is 0. The fourth-order valence-electron chi connectivity index (χ4n) is 7.50. The largest absolute Gasteiger partial charge is 0.437 e. The lowest BCUT2D eigenvalue weighted by molar-refractivity contribution is 0.657. The summed E-state index contributed by atoms with van der Waals surface area (Å²) < 4.78 is 6.37. The van der Waals surface area contributed by atoms with Crippen molar-refractivity contribution in [2.75, 3.05) is 4.90 Å². The van der Waals surface area contributed by atoms with Crippen molar-refractivity contribution in [2.24, 2.45) is 0 Å². The first-order valence-electron chi connectivity index (χ1n) is 17.6. The quantitative estimate of drug-likeness (QED) is 0.177. The smallest absolute Gasteiger partial charge is 0.227 e. The molecule has 0 fully saturated rings. The van der Waals surface area contributed by atoms with Crippen LogP contribution in [0.3, 0.4) is 0 Å². The van der Waals surface area contributed by atoms with Crippen LogP contribution in [0.2, 0.25) is 0 Å². The van der Waals surface area contributed by atoms with Crippen molar-refractivity contribution in [1.82, 2.24) is 4.98 Å². The molecule has 52 heavy (non-hydrogen) atoms. The maximum Gasteiger partial charge on any atom is 0.227 e. The van der Waals surface area contributed by atoms with Gasteiger partial charge in [-0.05, 0) is 85.9 Å². The first kappa shape index (κ1) is 29.9. The minimum atomic E-state index is 0.636. The van der Waals surface area contributed by atoms with E-state index >= 15 is 0 Å². The van der Waals surface area contributed by atoms with Gasteiger partial charge in [0, 0.05) is 22.1 Å². The standard InChI is InChI=1S/C49H32N2O/c1-2-9-33(10-3-1)35-21-26-40(27-22-35)51(42-31-47-46-30-25-38-12-5-7-15-45(38)48(46)52-49(47)50-32-42)41-28-23-36(24-29-41)34-17-19-39(20-18-34)44-16-8-13-37-11-4-6-14-43(37)44/h1-32H. The maximum absolute atomic E-state index is 6.37. The van der Waals surface area contributed by atoms with E-state index in [1.54, 1.807) is 0 Å². The van der Waals surface area contributed by atoms with Gasteiger partial charge >= 0.3 is 0 Å². The molecule has 0 saturated heterocycles. The Morgan fingerprint density at radius 3 is 1.60 bits per heavy atom. The summed E-state index contributed by atoms with van der Waals surface area (Å²) in [5, 5.41) is 6.81. The minimum absolute atomic E-state index is 0.636. The van der Waals surface area contributed by atoms with Crippen molar-refractivity contribution in [3.63, 3.8) is 0 Å². The fraction of sp³-hybridized carbons (Fsp3) is 0. The van der Waals surface area contributed by atoms with Gasteiger partial charge in [0.1, 0.15) is 5.58 Å². The van der Waals surface area contributed by atoms with Crippen molar-refractivity contribution in [3.05, 3.63) is 194 Å². The highest BCUT2D eigenvalue weighted by atomic mass is 16.3. The first-order chi connectivity index (χ1) is 25.8. The van der Waals surface area contributed by atoms with Crippen LogP contribution in [0.4, 0.5) is 17.1 Å². The summed E-state index contributed by atoms with van der Waals surface area (Å²) in [6, 6.07) is 66.9. The third kappa shape index (κ3) is 5.19. The van der Waals surface area contributed by atoms with Crippen molar-refractivity contribution in [3.8, 4) is 33.4 Å². The van der Waals surface area contributed by atoms with Crippen LogP contribution in [-0.2, 0) is 0 Å². The summed E-state index contributed by atoms with van der Waals surface area (Å²) in [7, 11) is 0. The number of aromatic nitrogens is 1. The number of furan rings is 1. The van der Waals surface area contributed by atoms with E-state index in [-0.39, 0.29) is 0 Å². The van der Waals surface area contributed by atoms with Gasteiger partial charge in [0.15, 0.2) is 0 Å². The molecule has 0 bridgehead atoms. The predicted molar refractivity (Wildman–Crippen MR) is 218 cm³/mol. The molecule has 244 valence electrons. The summed E-state index contributed by atoms with van der Waals surface area (Å²) in [4.78, 5) is 7.14. The van der Waals surface area contributed by atoms with E-state index in [4.69, 9.17) is 9.40 Å². The third-order valence-corrected chi connectivity index (χ3v) is 10.1. The number of hydrogen-bond acceptors (Lipinski definition) is 3. The highest BCUT2D eigenvalue weighted by molar-refractivity contribution is 6.15. The second-order valence-electron chi connectivity index (χ2n) is 13.2. The van der Waals surface area contributed by atoms with Crippen molar-refractivity contribution in [2.45, 2.75) is 0 Å². The molecule has 10 aromatic rings. The molecule has 0 amide bonds. The number of hydrogen-bond donors (Lipinski definition) is 0. The molecule has 8 aromatic carbocycles. The molecule has 0 aliphatic heterocycles. The number of fused-ring (bicyclic) bond motifs is 6. The van der Waals surface area contributed by atoms with Crippen LogP contribution in [0.15, 0.2) is 199 Å². The summed E-state index contributed by atoms with van der Waals surface area (Å²) >= 11 is 0. The van der Waals surface area contributed by atoms with Crippen LogP contribution in [-0.4, -0.2) is 4.98 Å². The number of anilines is 3. The van der Waals surface area contributed by atoms with Crippen LogP contribution < -0.4 is 4.90 Å². The molecule has 0 N–H and O–H groups in total. The Bertz CT molecular complexity index is 2870. The second kappa shape index (κ2) is 12.4. The molecule has 2 aromatic heterocycles. The normalized spacial score (nSPS) is 11.5. The molecule has 3 nitrogen and oxygen atoms in total. The zero-order valence-corrected chi connectivity index (χ0v) is 28.3. The van der Waals surface area contributed by atoms with E-state index in [9.17, 15) is 0 Å². The van der Waals surface area contributed by atoms with Crippen LogP contribution in [0.1, 0.15) is 0 Å². The van der Waals surface area contributed by atoms with Gasteiger partial charge in [0.05, 0.1) is 17.3 Å².